The number of ether oxygens (including phenoxy) is 1. The van der Waals surface area contributed by atoms with Crippen molar-refractivity contribution >= 4 is 11.3 Å². The van der Waals surface area contributed by atoms with Crippen LogP contribution in [0, 0.1) is 12.8 Å². The van der Waals surface area contributed by atoms with Gasteiger partial charge >= 0.3 is 0 Å². The van der Waals surface area contributed by atoms with Gasteiger partial charge in [-0.25, -0.2) is 0 Å². The summed E-state index contributed by atoms with van der Waals surface area (Å²) >= 11 is 1.88. The smallest absolute Gasteiger partial charge is 0.0512 e. The molecule has 2 nitrogen and oxygen atoms in total. The molecule has 1 fully saturated rings. The van der Waals surface area contributed by atoms with Crippen LogP contribution < -0.4 is 5.32 Å². The van der Waals surface area contributed by atoms with Crippen LogP contribution >= 0.6 is 11.3 Å². The second-order valence-electron chi connectivity index (χ2n) is 4.88. The molecule has 0 aliphatic carbocycles. The lowest BCUT2D eigenvalue weighted by Gasteiger charge is -2.31. The zero-order chi connectivity index (χ0) is 12.1. The van der Waals surface area contributed by atoms with Gasteiger partial charge in [0.2, 0.25) is 0 Å². The molecule has 0 aromatic carbocycles. The molecule has 0 spiro atoms. The molecule has 2 unspecified atom stereocenters. The Labute approximate surface area is 108 Å². The van der Waals surface area contributed by atoms with Gasteiger partial charge in [0.25, 0.3) is 0 Å². The number of rotatable bonds is 5. The van der Waals surface area contributed by atoms with E-state index < -0.39 is 0 Å². The van der Waals surface area contributed by atoms with Crippen LogP contribution in [0.4, 0.5) is 0 Å². The maximum atomic E-state index is 5.65. The Hall–Kier alpha value is -0.380. The Kier molecular flexibility index (Phi) is 5.01. The highest BCUT2D eigenvalue weighted by Crippen LogP contribution is 2.33. The first-order valence-corrected chi connectivity index (χ1v) is 7.56. The van der Waals surface area contributed by atoms with Gasteiger partial charge in [-0.15, -0.1) is 11.3 Å². The Balaban J connectivity index is 2.09. The van der Waals surface area contributed by atoms with Crippen molar-refractivity contribution in [3.05, 3.63) is 21.9 Å². The third-order valence-electron chi connectivity index (χ3n) is 3.47. The average molecular weight is 253 g/mol. The molecule has 1 aliphatic heterocycles. The van der Waals surface area contributed by atoms with Gasteiger partial charge in [0, 0.05) is 23.4 Å². The standard InChI is InChI=1S/C14H23NOS/c1-3-7-15-13(12-5-4-8-16-10-12)14-11(2)6-9-17-14/h6,9,12-13,15H,3-5,7-8,10H2,1-2H3. The van der Waals surface area contributed by atoms with Gasteiger partial charge in [-0.05, 0) is 49.7 Å². The lowest BCUT2D eigenvalue weighted by atomic mass is 9.91. The second-order valence-corrected chi connectivity index (χ2v) is 5.82. The molecule has 0 saturated carbocycles. The molecule has 3 heteroatoms. The molecule has 0 amide bonds. The van der Waals surface area contributed by atoms with Crippen molar-refractivity contribution in [1.82, 2.24) is 5.32 Å². The summed E-state index contributed by atoms with van der Waals surface area (Å²) < 4.78 is 5.65. The van der Waals surface area contributed by atoms with E-state index in [0.29, 0.717) is 12.0 Å². The molecule has 1 aromatic heterocycles. The predicted octanol–water partition coefficient (Wildman–Crippen LogP) is 3.52. The summed E-state index contributed by atoms with van der Waals surface area (Å²) in [6.07, 6.45) is 3.69. The number of thiophene rings is 1. The Bertz CT molecular complexity index is 331. The molecule has 1 aromatic rings. The fraction of sp³-hybridized carbons (Fsp3) is 0.714. The monoisotopic (exact) mass is 253 g/mol. The highest BCUT2D eigenvalue weighted by atomic mass is 32.1. The first-order chi connectivity index (χ1) is 8.33. The van der Waals surface area contributed by atoms with Crippen molar-refractivity contribution in [2.45, 2.75) is 39.2 Å². The van der Waals surface area contributed by atoms with Crippen LogP contribution in [-0.4, -0.2) is 19.8 Å². The van der Waals surface area contributed by atoms with Crippen molar-refractivity contribution in [1.29, 1.82) is 0 Å². The van der Waals surface area contributed by atoms with Crippen molar-refractivity contribution in [3.63, 3.8) is 0 Å². The molecule has 17 heavy (non-hydrogen) atoms. The third kappa shape index (κ3) is 3.30. The molecular formula is C14H23NOS. The molecule has 2 atom stereocenters. The van der Waals surface area contributed by atoms with Gasteiger partial charge in [0.15, 0.2) is 0 Å². The van der Waals surface area contributed by atoms with E-state index in [9.17, 15) is 0 Å². The minimum atomic E-state index is 0.496. The van der Waals surface area contributed by atoms with Crippen molar-refractivity contribution in [3.8, 4) is 0 Å². The van der Waals surface area contributed by atoms with Crippen molar-refractivity contribution < 1.29 is 4.74 Å². The highest BCUT2D eigenvalue weighted by molar-refractivity contribution is 7.10. The van der Waals surface area contributed by atoms with Crippen molar-refractivity contribution in [2.75, 3.05) is 19.8 Å². The zero-order valence-electron chi connectivity index (χ0n) is 10.9. The Morgan fingerprint density at radius 2 is 2.47 bits per heavy atom. The van der Waals surface area contributed by atoms with Gasteiger partial charge in [-0.3, -0.25) is 0 Å². The van der Waals surface area contributed by atoms with Gasteiger partial charge < -0.3 is 10.1 Å². The van der Waals surface area contributed by atoms with Crippen LogP contribution in [0.3, 0.4) is 0 Å². The number of hydrogen-bond donors (Lipinski definition) is 1. The molecule has 96 valence electrons. The molecule has 1 N–H and O–H groups in total. The molecule has 2 rings (SSSR count). The van der Waals surface area contributed by atoms with Gasteiger partial charge in [0.05, 0.1) is 6.61 Å². The Morgan fingerprint density at radius 3 is 3.06 bits per heavy atom. The summed E-state index contributed by atoms with van der Waals surface area (Å²) in [5.41, 5.74) is 1.43. The fourth-order valence-corrected chi connectivity index (χ4v) is 3.60. The lowest BCUT2D eigenvalue weighted by molar-refractivity contribution is 0.0395. The van der Waals surface area contributed by atoms with E-state index in [1.165, 1.54) is 29.7 Å². The molecular weight excluding hydrogens is 230 g/mol. The Morgan fingerprint density at radius 1 is 1.59 bits per heavy atom. The van der Waals surface area contributed by atoms with E-state index in [2.05, 4.69) is 30.6 Å². The molecule has 0 bridgehead atoms. The van der Waals surface area contributed by atoms with E-state index in [0.717, 1.165) is 19.8 Å². The summed E-state index contributed by atoms with van der Waals surface area (Å²) in [7, 11) is 0. The lowest BCUT2D eigenvalue weighted by Crippen LogP contribution is -2.33. The molecule has 1 aliphatic rings. The third-order valence-corrected chi connectivity index (χ3v) is 4.57. The predicted molar refractivity (Wildman–Crippen MR) is 73.6 cm³/mol. The average Bonchev–Trinajstić information content (AvgIpc) is 2.78. The van der Waals surface area contributed by atoms with Crippen LogP contribution in [-0.2, 0) is 4.74 Å². The first-order valence-electron chi connectivity index (χ1n) is 6.68. The first kappa shape index (κ1) is 13.1. The van der Waals surface area contributed by atoms with Gasteiger partial charge in [-0.1, -0.05) is 6.92 Å². The topological polar surface area (TPSA) is 21.3 Å². The summed E-state index contributed by atoms with van der Waals surface area (Å²) in [5.74, 6) is 0.646. The number of hydrogen-bond acceptors (Lipinski definition) is 3. The molecule has 0 radical (unpaired) electrons. The van der Waals surface area contributed by atoms with E-state index in [-0.39, 0.29) is 0 Å². The highest BCUT2D eigenvalue weighted by Gasteiger charge is 2.26. The van der Waals surface area contributed by atoms with E-state index in [4.69, 9.17) is 4.74 Å². The summed E-state index contributed by atoms with van der Waals surface area (Å²) in [5, 5.41) is 5.92. The van der Waals surface area contributed by atoms with Crippen LogP contribution in [0.1, 0.15) is 42.7 Å². The summed E-state index contributed by atoms with van der Waals surface area (Å²) in [6, 6.07) is 2.72. The van der Waals surface area contributed by atoms with Gasteiger partial charge in [-0.2, -0.15) is 0 Å². The second kappa shape index (κ2) is 6.53. The molecule has 1 saturated heterocycles. The largest absolute Gasteiger partial charge is 0.381 e. The van der Waals surface area contributed by atoms with Crippen molar-refractivity contribution in [2.24, 2.45) is 5.92 Å². The number of nitrogens with one attached hydrogen (secondary N) is 1. The zero-order valence-corrected chi connectivity index (χ0v) is 11.7. The minimum Gasteiger partial charge on any atom is -0.381 e. The van der Waals surface area contributed by atoms with Crippen LogP contribution in [0.15, 0.2) is 11.4 Å². The fourth-order valence-electron chi connectivity index (χ4n) is 2.50. The van der Waals surface area contributed by atoms with E-state index >= 15 is 0 Å². The molecule has 2 heterocycles. The van der Waals surface area contributed by atoms with Crippen LogP contribution in [0.5, 0.6) is 0 Å². The minimum absolute atomic E-state index is 0.496. The van der Waals surface area contributed by atoms with Crippen LogP contribution in [0.25, 0.3) is 0 Å². The van der Waals surface area contributed by atoms with Gasteiger partial charge in [0.1, 0.15) is 0 Å². The quantitative estimate of drug-likeness (QED) is 0.867. The van der Waals surface area contributed by atoms with E-state index in [1.54, 1.807) is 0 Å². The summed E-state index contributed by atoms with van der Waals surface area (Å²) in [6.45, 7) is 7.40. The van der Waals surface area contributed by atoms with E-state index in [1.807, 2.05) is 11.3 Å². The van der Waals surface area contributed by atoms with Crippen LogP contribution in [0.2, 0.25) is 0 Å². The maximum absolute atomic E-state index is 5.65. The number of aryl methyl sites for hydroxylation is 1. The maximum Gasteiger partial charge on any atom is 0.0512 e. The SMILES string of the molecule is CCCNC(c1sccc1C)C1CCCOC1. The summed E-state index contributed by atoms with van der Waals surface area (Å²) in [4.78, 5) is 1.51. The normalized spacial score (nSPS) is 22.6.